The molecule has 0 bridgehead atoms. The molecule has 6 aromatic rings. The molecular weight excluding hydrogens is 896 g/mol. The van der Waals surface area contributed by atoms with Gasteiger partial charge in [0.15, 0.2) is 5.75 Å². The Hall–Kier alpha value is -7.12. The van der Waals surface area contributed by atoms with Crippen molar-refractivity contribution < 1.29 is 57.4 Å². The summed E-state index contributed by atoms with van der Waals surface area (Å²) in [5, 5.41) is 11.4. The number of esters is 4. The minimum absolute atomic E-state index is 0.00109. The maximum atomic E-state index is 13.9. The van der Waals surface area contributed by atoms with Crippen molar-refractivity contribution >= 4 is 39.8 Å². The molecule has 1 N–H and O–H groups in total. The zero-order valence-electron chi connectivity index (χ0n) is 37.8. The number of aromatic hydroxyl groups is 1. The summed E-state index contributed by atoms with van der Waals surface area (Å²) in [6, 6.07) is 25.3. The van der Waals surface area contributed by atoms with E-state index in [1.807, 2.05) is 60.7 Å². The molecule has 13 heteroatoms. The third-order valence-corrected chi connectivity index (χ3v) is 12.1. The summed E-state index contributed by atoms with van der Waals surface area (Å²) in [4.78, 5) is 54.7. The van der Waals surface area contributed by atoms with Crippen LogP contribution >= 0.6 is 15.9 Å². The van der Waals surface area contributed by atoms with Crippen LogP contribution in [-0.2, 0) is 18.0 Å². The summed E-state index contributed by atoms with van der Waals surface area (Å²) in [5.74, 6) is -2.16. The minimum atomic E-state index is -0.886. The van der Waals surface area contributed by atoms with Crippen molar-refractivity contribution in [2.24, 2.45) is 0 Å². The van der Waals surface area contributed by atoms with E-state index in [4.69, 9.17) is 33.2 Å². The van der Waals surface area contributed by atoms with Gasteiger partial charge in [-0.2, -0.15) is 0 Å². The van der Waals surface area contributed by atoms with Crippen LogP contribution in [0.25, 0.3) is 0 Å². The Balaban J connectivity index is 1.20. The van der Waals surface area contributed by atoms with Crippen molar-refractivity contribution in [2.45, 2.75) is 68.6 Å². The number of halogens is 1. The summed E-state index contributed by atoms with van der Waals surface area (Å²) in [6.07, 6.45) is 0. The van der Waals surface area contributed by atoms with Gasteiger partial charge in [-0.25, -0.2) is 19.2 Å². The first-order chi connectivity index (χ1) is 31.0. The number of aryl methyl sites for hydroxylation is 2. The molecule has 0 atom stereocenters. The zero-order chi connectivity index (χ0) is 47.3. The first kappa shape index (κ1) is 47.4. The molecule has 0 radical (unpaired) electrons. The maximum Gasteiger partial charge on any atom is 0.347 e. The summed E-state index contributed by atoms with van der Waals surface area (Å²) in [5.41, 5.74) is 5.94. The van der Waals surface area contributed by atoms with Crippen molar-refractivity contribution in [2.75, 3.05) is 14.2 Å². The second-order valence-corrected chi connectivity index (χ2v) is 16.3. The van der Waals surface area contributed by atoms with Crippen LogP contribution in [0.4, 0.5) is 0 Å². The van der Waals surface area contributed by atoms with Crippen LogP contribution in [0.5, 0.6) is 40.2 Å². The number of phenolic OH excluding ortho intramolecular Hbond substituents is 1. The number of methoxy groups -OCH3 is 2. The number of benzene rings is 6. The molecule has 0 unspecified atom stereocenters. The molecule has 65 heavy (non-hydrogen) atoms. The van der Waals surface area contributed by atoms with Crippen LogP contribution in [0.1, 0.15) is 97.1 Å². The number of carbonyl (C=O) groups excluding carboxylic acids is 4. The van der Waals surface area contributed by atoms with Crippen LogP contribution in [0, 0.1) is 55.4 Å². The lowest BCUT2D eigenvalue weighted by atomic mass is 9.97. The molecule has 0 aliphatic rings. The highest BCUT2D eigenvalue weighted by molar-refractivity contribution is 9.10. The van der Waals surface area contributed by atoms with E-state index in [0.717, 1.165) is 11.1 Å². The van der Waals surface area contributed by atoms with Gasteiger partial charge in [-0.15, -0.1) is 0 Å². The van der Waals surface area contributed by atoms with Gasteiger partial charge in [0, 0.05) is 12.1 Å². The largest absolute Gasteiger partial charge is 0.506 e. The zero-order valence-corrected chi connectivity index (χ0v) is 39.4. The Morgan fingerprint density at radius 2 is 0.969 bits per heavy atom. The molecular formula is C52H49BrO12. The summed E-state index contributed by atoms with van der Waals surface area (Å²) < 4.78 is 40.3. The summed E-state index contributed by atoms with van der Waals surface area (Å²) >= 11 is 3.35. The SMILES string of the molecule is COc1cc(OCc2ccccc2)cc(C)c1C(=O)Oc1c(C)c(C)c(C(=O)Oc2cc(C)c(C(=O)Oc3cc(OC)c(C(=O)OCc4ccccc4)c(C)c3C)c(C)c2C)c(O)c1Br. The van der Waals surface area contributed by atoms with Gasteiger partial charge >= 0.3 is 23.9 Å². The standard InChI is InChI=1S/C52H49BrO12/c1-27-21-37(61-25-35-17-13-11-14-18-35)23-40(59-9)43(27)51(57)65-48-34(8)33(7)45(47(54)46(48)53)52(58)63-38-22-28(2)42(31(5)29(38)3)50(56)64-39-24-41(60-10)44(32(6)30(39)4)49(55)62-26-36-19-15-12-16-20-36/h11-24,54H,25-26H2,1-10H3. The lowest BCUT2D eigenvalue weighted by molar-refractivity contribution is 0.0467. The van der Waals surface area contributed by atoms with Crippen molar-refractivity contribution in [3.8, 4) is 40.2 Å². The van der Waals surface area contributed by atoms with Crippen molar-refractivity contribution in [1.29, 1.82) is 0 Å². The maximum absolute atomic E-state index is 13.9. The molecule has 6 aromatic carbocycles. The van der Waals surface area contributed by atoms with E-state index in [0.29, 0.717) is 56.9 Å². The third kappa shape index (κ3) is 10.0. The first-order valence-electron chi connectivity index (χ1n) is 20.5. The van der Waals surface area contributed by atoms with Crippen LogP contribution in [0.2, 0.25) is 0 Å². The van der Waals surface area contributed by atoms with Gasteiger partial charge in [0.05, 0.1) is 19.8 Å². The average Bonchev–Trinajstić information content (AvgIpc) is 3.29. The molecule has 0 saturated carbocycles. The Bertz CT molecular complexity index is 2800. The molecule has 12 nitrogen and oxygen atoms in total. The number of phenols is 1. The quantitative estimate of drug-likeness (QED) is 0.0817. The van der Waals surface area contributed by atoms with E-state index >= 15 is 0 Å². The van der Waals surface area contributed by atoms with Gasteiger partial charge in [-0.1, -0.05) is 60.7 Å². The Morgan fingerprint density at radius 1 is 0.492 bits per heavy atom. The van der Waals surface area contributed by atoms with E-state index < -0.39 is 29.6 Å². The predicted octanol–water partition coefficient (Wildman–Crippen LogP) is 11.2. The van der Waals surface area contributed by atoms with E-state index in [1.165, 1.54) is 20.3 Å². The van der Waals surface area contributed by atoms with Crippen LogP contribution < -0.4 is 28.4 Å². The lowest BCUT2D eigenvalue weighted by Crippen LogP contribution is -2.18. The molecule has 0 aromatic heterocycles. The Morgan fingerprint density at radius 3 is 1.55 bits per heavy atom. The average molecular weight is 946 g/mol. The van der Waals surface area contributed by atoms with Gasteiger partial charge in [-0.05, 0) is 139 Å². The smallest absolute Gasteiger partial charge is 0.347 e. The van der Waals surface area contributed by atoms with Gasteiger partial charge in [0.2, 0.25) is 0 Å². The van der Waals surface area contributed by atoms with E-state index in [-0.39, 0.29) is 62.1 Å². The number of hydrogen-bond donors (Lipinski definition) is 1. The Labute approximate surface area is 386 Å². The monoisotopic (exact) mass is 944 g/mol. The fourth-order valence-corrected chi connectivity index (χ4v) is 7.92. The van der Waals surface area contributed by atoms with E-state index in [9.17, 15) is 24.3 Å². The van der Waals surface area contributed by atoms with Gasteiger partial charge in [-0.3, -0.25) is 0 Å². The second-order valence-electron chi connectivity index (χ2n) is 15.5. The van der Waals surface area contributed by atoms with Crippen molar-refractivity contribution in [3.63, 3.8) is 0 Å². The van der Waals surface area contributed by atoms with Crippen molar-refractivity contribution in [3.05, 3.63) is 167 Å². The van der Waals surface area contributed by atoms with E-state index in [2.05, 4.69) is 15.9 Å². The van der Waals surface area contributed by atoms with E-state index in [1.54, 1.807) is 73.6 Å². The predicted molar refractivity (Wildman–Crippen MR) is 247 cm³/mol. The fourth-order valence-electron chi connectivity index (χ4n) is 7.34. The fraction of sp³-hybridized carbons (Fsp3) is 0.231. The molecule has 0 aliphatic carbocycles. The number of rotatable bonds is 14. The van der Waals surface area contributed by atoms with Crippen molar-refractivity contribution in [1.82, 2.24) is 0 Å². The van der Waals surface area contributed by atoms with Gasteiger partial charge < -0.3 is 38.3 Å². The summed E-state index contributed by atoms with van der Waals surface area (Å²) in [6.45, 7) is 13.9. The first-order valence-corrected chi connectivity index (χ1v) is 21.3. The van der Waals surface area contributed by atoms with Gasteiger partial charge in [0.1, 0.15) is 68.9 Å². The van der Waals surface area contributed by atoms with Gasteiger partial charge in [0.25, 0.3) is 0 Å². The number of carbonyl (C=O) groups is 4. The third-order valence-electron chi connectivity index (χ3n) is 11.4. The molecule has 0 aliphatic heterocycles. The lowest BCUT2D eigenvalue weighted by Gasteiger charge is -2.20. The number of ether oxygens (including phenoxy) is 7. The minimum Gasteiger partial charge on any atom is -0.506 e. The second kappa shape index (κ2) is 20.2. The number of hydrogen-bond acceptors (Lipinski definition) is 12. The molecule has 0 spiro atoms. The highest BCUT2D eigenvalue weighted by Gasteiger charge is 2.30. The molecule has 0 heterocycles. The molecule has 0 saturated heterocycles. The highest BCUT2D eigenvalue weighted by Crippen LogP contribution is 2.44. The summed E-state index contributed by atoms with van der Waals surface area (Å²) in [7, 11) is 2.85. The van der Waals surface area contributed by atoms with Crippen LogP contribution in [-0.4, -0.2) is 43.2 Å². The normalized spacial score (nSPS) is 10.8. The Kier molecular flexibility index (Phi) is 14.7. The molecule has 0 fully saturated rings. The molecule has 0 amide bonds. The molecule has 6 rings (SSSR count). The molecule has 336 valence electrons. The topological polar surface area (TPSA) is 153 Å². The van der Waals surface area contributed by atoms with Crippen LogP contribution in [0.15, 0.2) is 89.4 Å². The van der Waals surface area contributed by atoms with Crippen LogP contribution in [0.3, 0.4) is 0 Å². The highest BCUT2D eigenvalue weighted by atomic mass is 79.9.